The van der Waals surface area contributed by atoms with E-state index in [1.807, 2.05) is 0 Å². The summed E-state index contributed by atoms with van der Waals surface area (Å²) in [7, 11) is 1.76. The summed E-state index contributed by atoms with van der Waals surface area (Å²) >= 11 is 0. The fraction of sp³-hybridized carbons (Fsp3) is 0.625. The lowest BCUT2D eigenvalue weighted by molar-refractivity contribution is 0.413. The second-order valence-electron chi connectivity index (χ2n) is 2.93. The van der Waals surface area contributed by atoms with Crippen molar-refractivity contribution in [1.29, 1.82) is 5.41 Å². The van der Waals surface area contributed by atoms with Gasteiger partial charge in [0.1, 0.15) is 0 Å². The number of allylic oxidation sites excluding steroid dienone is 1. The van der Waals surface area contributed by atoms with Gasteiger partial charge in [0, 0.05) is 18.7 Å². The molecule has 62 valence electrons. The van der Waals surface area contributed by atoms with Crippen LogP contribution in [0.3, 0.4) is 0 Å². The number of hydrogen-bond acceptors (Lipinski definition) is 3. The Morgan fingerprint density at radius 2 is 2.27 bits per heavy atom. The van der Waals surface area contributed by atoms with Crippen LogP contribution in [-0.4, -0.2) is 12.8 Å². The van der Waals surface area contributed by atoms with Gasteiger partial charge in [-0.1, -0.05) is 6.42 Å². The van der Waals surface area contributed by atoms with Gasteiger partial charge in [-0.25, -0.2) is 0 Å². The molecule has 0 aromatic heterocycles. The Morgan fingerprint density at radius 1 is 1.64 bits per heavy atom. The van der Waals surface area contributed by atoms with Crippen molar-refractivity contribution < 1.29 is 0 Å². The molecule has 0 aliphatic heterocycles. The second kappa shape index (κ2) is 3.42. The first-order valence-electron chi connectivity index (χ1n) is 3.97. The fourth-order valence-corrected chi connectivity index (χ4v) is 1.08. The van der Waals surface area contributed by atoms with Crippen molar-refractivity contribution in [2.45, 2.75) is 19.3 Å². The second-order valence-corrected chi connectivity index (χ2v) is 2.93. The Hall–Kier alpha value is -0.990. The minimum Gasteiger partial charge on any atom is -0.385 e. The normalized spacial score (nSPS) is 19.2. The average molecular weight is 153 g/mol. The number of nitrogens with one attached hydrogen (secondary N) is 2. The lowest BCUT2D eigenvalue weighted by atomic mass is 9.81. The van der Waals surface area contributed by atoms with Gasteiger partial charge in [-0.2, -0.15) is 0 Å². The molecule has 4 N–H and O–H groups in total. The molecule has 0 saturated heterocycles. The molecule has 11 heavy (non-hydrogen) atoms. The van der Waals surface area contributed by atoms with Crippen LogP contribution in [-0.2, 0) is 0 Å². The molecule has 0 amide bonds. The highest BCUT2D eigenvalue weighted by atomic mass is 14.9. The zero-order chi connectivity index (χ0) is 8.27. The zero-order valence-electron chi connectivity index (χ0n) is 6.85. The summed E-state index contributed by atoms with van der Waals surface area (Å²) < 4.78 is 0. The highest BCUT2D eigenvalue weighted by Gasteiger charge is 2.20. The molecule has 0 heterocycles. The first-order chi connectivity index (χ1) is 5.24. The molecule has 1 aliphatic carbocycles. The van der Waals surface area contributed by atoms with Gasteiger partial charge >= 0.3 is 0 Å². The van der Waals surface area contributed by atoms with Crippen molar-refractivity contribution >= 4 is 5.71 Å². The summed E-state index contributed by atoms with van der Waals surface area (Å²) in [6, 6.07) is 0. The lowest BCUT2D eigenvalue weighted by Crippen LogP contribution is -2.23. The van der Waals surface area contributed by atoms with Gasteiger partial charge < -0.3 is 16.5 Å². The van der Waals surface area contributed by atoms with Crippen LogP contribution in [0.15, 0.2) is 11.9 Å². The van der Waals surface area contributed by atoms with E-state index >= 15 is 0 Å². The molecule has 0 radical (unpaired) electrons. The van der Waals surface area contributed by atoms with Crippen molar-refractivity contribution in [3.63, 3.8) is 0 Å². The summed E-state index contributed by atoms with van der Waals surface area (Å²) in [4.78, 5) is 0. The van der Waals surface area contributed by atoms with Crippen LogP contribution in [0, 0.1) is 11.3 Å². The van der Waals surface area contributed by atoms with E-state index in [4.69, 9.17) is 11.1 Å². The first kappa shape index (κ1) is 8.11. The maximum Gasteiger partial charge on any atom is 0.0975 e. The van der Waals surface area contributed by atoms with Crippen LogP contribution in [0.25, 0.3) is 0 Å². The molecule has 0 unspecified atom stereocenters. The summed E-state index contributed by atoms with van der Waals surface area (Å²) in [5, 5.41) is 10.4. The molecule has 0 spiro atoms. The Morgan fingerprint density at radius 3 is 2.64 bits per heavy atom. The quantitative estimate of drug-likeness (QED) is 0.526. The van der Waals surface area contributed by atoms with Gasteiger partial charge in [-0.05, 0) is 18.9 Å². The maximum absolute atomic E-state index is 7.58. The molecule has 3 nitrogen and oxygen atoms in total. The lowest BCUT2D eigenvalue weighted by Gasteiger charge is -2.24. The Kier molecular flexibility index (Phi) is 2.52. The maximum atomic E-state index is 7.58. The van der Waals surface area contributed by atoms with Crippen LogP contribution >= 0.6 is 0 Å². The van der Waals surface area contributed by atoms with E-state index in [9.17, 15) is 0 Å². The van der Waals surface area contributed by atoms with Gasteiger partial charge in [0.25, 0.3) is 0 Å². The predicted octanol–water partition coefficient (Wildman–Crippen LogP) is 0.826. The molecule has 1 rings (SSSR count). The fourth-order valence-electron chi connectivity index (χ4n) is 1.08. The van der Waals surface area contributed by atoms with E-state index < -0.39 is 0 Å². The topological polar surface area (TPSA) is 61.9 Å². The number of nitrogens with two attached hydrogens (primary N) is 1. The van der Waals surface area contributed by atoms with E-state index in [1.54, 1.807) is 13.1 Å². The van der Waals surface area contributed by atoms with Gasteiger partial charge in [0.2, 0.25) is 0 Å². The summed E-state index contributed by atoms with van der Waals surface area (Å²) in [5.41, 5.74) is 6.17. The average Bonchev–Trinajstić information content (AvgIpc) is 1.83. The summed E-state index contributed by atoms with van der Waals surface area (Å²) in [5.74, 6) is 1.06. The van der Waals surface area contributed by atoms with Crippen LogP contribution in [0.1, 0.15) is 19.3 Å². The molecule has 1 saturated carbocycles. The number of rotatable bonds is 3. The minimum absolute atomic E-state index is 0.474. The third kappa shape index (κ3) is 1.97. The van der Waals surface area contributed by atoms with Gasteiger partial charge in [0.15, 0.2) is 0 Å². The third-order valence-electron chi connectivity index (χ3n) is 2.14. The van der Waals surface area contributed by atoms with Crippen molar-refractivity contribution in [2.75, 3.05) is 7.05 Å². The summed E-state index contributed by atoms with van der Waals surface area (Å²) in [6.45, 7) is 0. The molecule has 3 heteroatoms. The van der Waals surface area contributed by atoms with E-state index in [2.05, 4.69) is 5.32 Å². The van der Waals surface area contributed by atoms with Crippen molar-refractivity contribution in [3.8, 4) is 0 Å². The molecular weight excluding hydrogens is 138 g/mol. The SMILES string of the molecule is CN/C(N)=C\C(=N)C1CCC1. The molecule has 1 aliphatic rings. The number of hydrogen-bond donors (Lipinski definition) is 3. The molecule has 1 fully saturated rings. The van der Waals surface area contributed by atoms with E-state index in [0.717, 1.165) is 12.8 Å². The first-order valence-corrected chi connectivity index (χ1v) is 3.97. The third-order valence-corrected chi connectivity index (χ3v) is 2.14. The zero-order valence-corrected chi connectivity index (χ0v) is 6.85. The largest absolute Gasteiger partial charge is 0.385 e. The standard InChI is InChI=1S/C8H15N3/c1-11-8(10)5-7(9)6-3-2-4-6/h5-6,9,11H,2-4,10H2,1H3/b8-5-,9-7?. The Balaban J connectivity index is 2.41. The van der Waals surface area contributed by atoms with Crippen LogP contribution in [0.2, 0.25) is 0 Å². The predicted molar refractivity (Wildman–Crippen MR) is 46.4 cm³/mol. The molecule has 0 bridgehead atoms. The van der Waals surface area contributed by atoms with Gasteiger partial charge in [-0.15, -0.1) is 0 Å². The van der Waals surface area contributed by atoms with E-state index in [1.165, 1.54) is 6.42 Å². The van der Waals surface area contributed by atoms with Crippen LogP contribution < -0.4 is 11.1 Å². The highest BCUT2D eigenvalue weighted by Crippen LogP contribution is 2.27. The van der Waals surface area contributed by atoms with Crippen LogP contribution in [0.5, 0.6) is 0 Å². The van der Waals surface area contributed by atoms with Crippen molar-refractivity contribution in [1.82, 2.24) is 5.32 Å². The molecule has 0 atom stereocenters. The highest BCUT2D eigenvalue weighted by molar-refractivity contribution is 5.95. The Bertz CT molecular complexity index is 180. The van der Waals surface area contributed by atoms with E-state index in [-0.39, 0.29) is 0 Å². The smallest absolute Gasteiger partial charge is 0.0975 e. The van der Waals surface area contributed by atoms with E-state index in [0.29, 0.717) is 17.5 Å². The Labute approximate surface area is 67.2 Å². The van der Waals surface area contributed by atoms with Crippen molar-refractivity contribution in [2.24, 2.45) is 11.7 Å². The molecular formula is C8H15N3. The molecule has 0 aromatic carbocycles. The summed E-state index contributed by atoms with van der Waals surface area (Å²) in [6.07, 6.45) is 5.29. The monoisotopic (exact) mass is 153 g/mol. The minimum atomic E-state index is 0.474. The van der Waals surface area contributed by atoms with Gasteiger partial charge in [0.05, 0.1) is 5.82 Å². The van der Waals surface area contributed by atoms with Crippen molar-refractivity contribution in [3.05, 3.63) is 11.9 Å². The van der Waals surface area contributed by atoms with Crippen LogP contribution in [0.4, 0.5) is 0 Å². The molecule has 0 aromatic rings. The van der Waals surface area contributed by atoms with Gasteiger partial charge in [-0.3, -0.25) is 0 Å².